The molecule has 0 bridgehead atoms. The molecule has 0 atom stereocenters. The minimum absolute atomic E-state index is 0.0354. The Morgan fingerprint density at radius 1 is 0.526 bits per heavy atom. The van der Waals surface area contributed by atoms with Gasteiger partial charge in [-0.25, -0.2) is 0 Å². The van der Waals surface area contributed by atoms with E-state index in [-0.39, 0.29) is 5.41 Å². The molecular weight excluding hydrogens is 707 g/mol. The Labute approximate surface area is 337 Å². The number of thiophene rings is 1. The van der Waals surface area contributed by atoms with Gasteiger partial charge in [0, 0.05) is 31.2 Å². The van der Waals surface area contributed by atoms with Gasteiger partial charge < -0.3 is 0 Å². The smallest absolute Gasteiger partial charge is 0.0991 e. The summed E-state index contributed by atoms with van der Waals surface area (Å²) in [5, 5.41) is 12.2. The fourth-order valence-electron chi connectivity index (χ4n) is 9.95. The van der Waals surface area contributed by atoms with Crippen molar-refractivity contribution in [3.05, 3.63) is 238 Å². The number of hydrogen-bond acceptors (Lipinski definition) is 2. The van der Waals surface area contributed by atoms with Gasteiger partial charge in [0.1, 0.15) is 0 Å². The topological polar surface area (TPSA) is 23.8 Å². The van der Waals surface area contributed by atoms with Gasteiger partial charge in [-0.2, -0.15) is 5.26 Å². The first-order valence-electron chi connectivity index (χ1n) is 19.6. The van der Waals surface area contributed by atoms with Crippen LogP contribution in [0.25, 0.3) is 54.1 Å². The maximum Gasteiger partial charge on any atom is 0.0991 e. The molecule has 268 valence electrons. The second-order valence-corrected chi connectivity index (χ2v) is 17.0. The van der Waals surface area contributed by atoms with Crippen LogP contribution < -0.4 is 0 Å². The summed E-state index contributed by atoms with van der Waals surface area (Å²) in [6.07, 6.45) is 2.27. The summed E-state index contributed by atoms with van der Waals surface area (Å²) >= 11 is 1.91. The quantitative estimate of drug-likeness (QED) is 0.161. The van der Waals surface area contributed by atoms with E-state index in [1.807, 2.05) is 35.6 Å². The summed E-state index contributed by atoms with van der Waals surface area (Å²) in [6.45, 7) is 4.71. The average Bonchev–Trinajstić information content (AvgIpc) is 3.87. The first-order valence-corrected chi connectivity index (χ1v) is 20.5. The molecule has 0 unspecified atom stereocenters. The van der Waals surface area contributed by atoms with E-state index in [0.717, 1.165) is 22.3 Å². The third kappa shape index (κ3) is 4.86. The van der Waals surface area contributed by atoms with Gasteiger partial charge in [-0.3, -0.25) is 0 Å². The highest BCUT2D eigenvalue weighted by atomic mass is 32.1. The molecule has 0 aliphatic heterocycles. The maximum absolute atomic E-state index is 9.55. The van der Waals surface area contributed by atoms with Gasteiger partial charge in [0.05, 0.1) is 17.0 Å². The molecular formula is C55H37NS. The first-order chi connectivity index (χ1) is 28.0. The minimum Gasteiger partial charge on any atom is -0.192 e. The molecule has 0 radical (unpaired) electrons. The molecule has 11 rings (SSSR count). The molecule has 0 amide bonds. The van der Waals surface area contributed by atoms with Gasteiger partial charge >= 0.3 is 0 Å². The predicted molar refractivity (Wildman–Crippen MR) is 239 cm³/mol. The second kappa shape index (κ2) is 12.6. The van der Waals surface area contributed by atoms with E-state index in [1.165, 1.54) is 75.8 Å². The number of fused-ring (bicyclic) bond motifs is 10. The van der Waals surface area contributed by atoms with Crippen molar-refractivity contribution in [3.8, 4) is 28.3 Å². The minimum atomic E-state index is -0.451. The zero-order chi connectivity index (χ0) is 38.3. The van der Waals surface area contributed by atoms with E-state index in [4.69, 9.17) is 0 Å². The molecule has 1 heterocycles. The number of hydrogen-bond donors (Lipinski definition) is 0. The van der Waals surface area contributed by atoms with Gasteiger partial charge in [-0.1, -0.05) is 178 Å². The Balaban J connectivity index is 1.09. The lowest BCUT2D eigenvalue weighted by atomic mass is 9.67. The van der Waals surface area contributed by atoms with E-state index in [9.17, 15) is 5.26 Å². The van der Waals surface area contributed by atoms with Crippen LogP contribution in [0.5, 0.6) is 0 Å². The highest BCUT2D eigenvalue weighted by molar-refractivity contribution is 7.26. The van der Waals surface area contributed by atoms with Crippen LogP contribution in [0, 0.1) is 11.3 Å². The highest BCUT2D eigenvalue weighted by Crippen LogP contribution is 2.57. The summed E-state index contributed by atoms with van der Waals surface area (Å²) in [4.78, 5) is 0. The third-order valence-corrected chi connectivity index (χ3v) is 13.8. The van der Waals surface area contributed by atoms with Crippen molar-refractivity contribution in [2.24, 2.45) is 0 Å². The van der Waals surface area contributed by atoms with Crippen LogP contribution >= 0.6 is 11.3 Å². The van der Waals surface area contributed by atoms with Crippen LogP contribution in [-0.4, -0.2) is 0 Å². The molecule has 2 heteroatoms. The predicted octanol–water partition coefficient (Wildman–Crippen LogP) is 14.2. The number of benzene rings is 8. The molecule has 0 N–H and O–H groups in total. The maximum atomic E-state index is 9.55. The van der Waals surface area contributed by atoms with E-state index >= 15 is 0 Å². The summed E-state index contributed by atoms with van der Waals surface area (Å²) < 4.78 is 2.64. The van der Waals surface area contributed by atoms with Crippen molar-refractivity contribution in [2.45, 2.75) is 24.7 Å². The molecule has 0 fully saturated rings. The highest BCUT2D eigenvalue weighted by Gasteiger charge is 2.45. The van der Waals surface area contributed by atoms with Gasteiger partial charge in [0.2, 0.25) is 0 Å². The molecule has 1 nitrogen and oxygen atoms in total. The van der Waals surface area contributed by atoms with Crippen molar-refractivity contribution < 1.29 is 0 Å². The van der Waals surface area contributed by atoms with E-state index in [2.05, 4.69) is 184 Å². The zero-order valence-corrected chi connectivity index (χ0v) is 32.6. The monoisotopic (exact) mass is 743 g/mol. The van der Waals surface area contributed by atoms with Crippen molar-refractivity contribution in [1.29, 1.82) is 5.26 Å². The molecule has 8 aromatic carbocycles. The normalized spacial score (nSPS) is 14.5. The lowest BCUT2D eigenvalue weighted by Crippen LogP contribution is -2.28. The Morgan fingerprint density at radius 3 is 1.79 bits per heavy atom. The zero-order valence-electron chi connectivity index (χ0n) is 31.8. The molecule has 0 saturated carbocycles. The molecule has 9 aromatic rings. The first kappa shape index (κ1) is 33.5. The van der Waals surface area contributed by atoms with E-state index < -0.39 is 5.41 Å². The molecule has 2 aliphatic rings. The van der Waals surface area contributed by atoms with Crippen LogP contribution in [0.1, 0.15) is 69.5 Å². The molecule has 2 aliphatic carbocycles. The van der Waals surface area contributed by atoms with Crippen LogP contribution in [0.2, 0.25) is 0 Å². The Kier molecular flexibility index (Phi) is 7.42. The standard InChI is InChI=1S/C55H37NS/c1-54(2)47-17-9-8-16-45(47)52-50(54)31-30-44-43-29-26-38(33-51(43)57-53(44)52)46(32-35-20-22-36(34-56)23-21-35)37-24-27-40(28-25-37)55(39-12-4-3-5-13-39)48-18-10-6-14-41(48)42-15-7-11-19-49(42)55/h3-33H,1-2H3/b46-32-. The second-order valence-electron chi connectivity index (χ2n) is 15.9. The van der Waals surface area contributed by atoms with Crippen LogP contribution in [0.4, 0.5) is 0 Å². The Bertz CT molecular complexity index is 3090. The summed E-state index contributed by atoms with van der Waals surface area (Å²) in [7, 11) is 0. The van der Waals surface area contributed by atoms with Crippen molar-refractivity contribution in [2.75, 3.05) is 0 Å². The van der Waals surface area contributed by atoms with Gasteiger partial charge in [-0.05, 0) is 96.6 Å². The van der Waals surface area contributed by atoms with Gasteiger partial charge in [0.15, 0.2) is 0 Å². The number of rotatable bonds is 5. The van der Waals surface area contributed by atoms with Crippen LogP contribution in [0.15, 0.2) is 182 Å². The van der Waals surface area contributed by atoms with Crippen LogP contribution in [0.3, 0.4) is 0 Å². The molecule has 1 aromatic heterocycles. The van der Waals surface area contributed by atoms with E-state index in [1.54, 1.807) is 0 Å². The average molecular weight is 744 g/mol. The fraction of sp³-hybridized carbons (Fsp3) is 0.0727. The third-order valence-electron chi connectivity index (χ3n) is 12.6. The van der Waals surface area contributed by atoms with Crippen molar-refractivity contribution >= 4 is 43.2 Å². The Morgan fingerprint density at radius 2 is 1.11 bits per heavy atom. The van der Waals surface area contributed by atoms with Crippen molar-refractivity contribution in [1.82, 2.24) is 0 Å². The number of nitrogens with zero attached hydrogens (tertiary/aromatic N) is 1. The largest absolute Gasteiger partial charge is 0.192 e. The molecule has 0 saturated heterocycles. The lowest BCUT2D eigenvalue weighted by Gasteiger charge is -2.34. The summed E-state index contributed by atoms with van der Waals surface area (Å²) in [6, 6.07) is 68.9. The lowest BCUT2D eigenvalue weighted by molar-refractivity contribution is 0.661. The van der Waals surface area contributed by atoms with Gasteiger partial charge in [-0.15, -0.1) is 11.3 Å². The molecule has 0 spiro atoms. The van der Waals surface area contributed by atoms with Crippen molar-refractivity contribution in [3.63, 3.8) is 0 Å². The SMILES string of the molecule is CC1(C)c2ccccc2-c2c1ccc1c2sc2cc(/C(=C\c3ccc(C#N)cc3)c3ccc(C4(c5ccccc5)c5ccccc5-c5ccccc54)cc3)ccc21. The van der Waals surface area contributed by atoms with E-state index in [0.29, 0.717) is 5.56 Å². The fourth-order valence-corrected chi connectivity index (χ4v) is 11.3. The summed E-state index contributed by atoms with van der Waals surface area (Å²) in [5.41, 5.74) is 17.9. The Hall–Kier alpha value is -6.79. The summed E-state index contributed by atoms with van der Waals surface area (Å²) in [5.74, 6) is 0. The molecule has 57 heavy (non-hydrogen) atoms. The van der Waals surface area contributed by atoms with Gasteiger partial charge in [0.25, 0.3) is 0 Å². The number of nitriles is 1. The van der Waals surface area contributed by atoms with Crippen LogP contribution in [-0.2, 0) is 10.8 Å².